The topological polar surface area (TPSA) is 42.7 Å². The molecule has 0 unspecified atom stereocenters. The molecule has 1 aliphatic rings. The standard InChI is InChI=1S/C14H17ClN4/c1-10-14(15)8-17-19(10)9-13-4-2-3-12(18-13)7-16-11-5-6-11/h2-4,8,11,16H,5-7,9H2,1H3. The Morgan fingerprint density at radius 3 is 2.84 bits per heavy atom. The maximum Gasteiger partial charge on any atom is 0.0835 e. The molecule has 0 aliphatic heterocycles. The first-order valence-electron chi connectivity index (χ1n) is 6.58. The van der Waals surface area contributed by atoms with E-state index in [0.29, 0.717) is 17.6 Å². The second-order valence-electron chi connectivity index (χ2n) is 5.01. The molecular formula is C14H17ClN4. The average molecular weight is 277 g/mol. The van der Waals surface area contributed by atoms with Crippen LogP contribution in [0.5, 0.6) is 0 Å². The molecule has 100 valence electrons. The molecule has 0 amide bonds. The lowest BCUT2D eigenvalue weighted by Gasteiger charge is -2.07. The van der Waals surface area contributed by atoms with Crippen molar-refractivity contribution in [3.8, 4) is 0 Å². The number of aromatic nitrogens is 3. The third-order valence-corrected chi connectivity index (χ3v) is 3.74. The molecule has 2 heterocycles. The normalized spacial score (nSPS) is 14.8. The predicted octanol–water partition coefficient (Wildman–Crippen LogP) is 2.54. The monoisotopic (exact) mass is 276 g/mol. The summed E-state index contributed by atoms with van der Waals surface area (Å²) in [6.07, 6.45) is 4.27. The Kier molecular flexibility index (Phi) is 3.53. The van der Waals surface area contributed by atoms with E-state index in [2.05, 4.69) is 21.5 Å². The second-order valence-corrected chi connectivity index (χ2v) is 5.42. The van der Waals surface area contributed by atoms with Gasteiger partial charge in [0.05, 0.1) is 34.8 Å². The van der Waals surface area contributed by atoms with E-state index >= 15 is 0 Å². The van der Waals surface area contributed by atoms with Crippen LogP contribution < -0.4 is 5.32 Å². The van der Waals surface area contributed by atoms with Crippen LogP contribution in [0.25, 0.3) is 0 Å². The molecule has 0 radical (unpaired) electrons. The van der Waals surface area contributed by atoms with Crippen LogP contribution in [0.15, 0.2) is 24.4 Å². The number of halogens is 1. The minimum Gasteiger partial charge on any atom is -0.308 e. The van der Waals surface area contributed by atoms with Gasteiger partial charge in [0.2, 0.25) is 0 Å². The Hall–Kier alpha value is -1.39. The van der Waals surface area contributed by atoms with Crippen LogP contribution in [0, 0.1) is 6.92 Å². The zero-order valence-electron chi connectivity index (χ0n) is 10.9. The van der Waals surface area contributed by atoms with E-state index in [1.807, 2.05) is 23.7 Å². The summed E-state index contributed by atoms with van der Waals surface area (Å²) in [5.74, 6) is 0. The van der Waals surface area contributed by atoms with Gasteiger partial charge in [-0.25, -0.2) is 0 Å². The highest BCUT2D eigenvalue weighted by molar-refractivity contribution is 6.31. The third-order valence-electron chi connectivity index (χ3n) is 3.37. The average Bonchev–Trinajstić information content (AvgIpc) is 3.20. The van der Waals surface area contributed by atoms with E-state index in [4.69, 9.17) is 11.6 Å². The van der Waals surface area contributed by atoms with Gasteiger partial charge >= 0.3 is 0 Å². The lowest BCUT2D eigenvalue weighted by atomic mass is 10.3. The van der Waals surface area contributed by atoms with Crippen molar-refractivity contribution in [2.24, 2.45) is 0 Å². The first kappa shape index (κ1) is 12.6. The van der Waals surface area contributed by atoms with E-state index in [9.17, 15) is 0 Å². The van der Waals surface area contributed by atoms with Gasteiger partial charge in [-0.1, -0.05) is 17.7 Å². The highest BCUT2D eigenvalue weighted by atomic mass is 35.5. The number of rotatable bonds is 5. The molecule has 0 spiro atoms. The van der Waals surface area contributed by atoms with Crippen LogP contribution in [-0.2, 0) is 13.1 Å². The Morgan fingerprint density at radius 2 is 2.16 bits per heavy atom. The SMILES string of the molecule is Cc1c(Cl)cnn1Cc1cccc(CNC2CC2)n1. The van der Waals surface area contributed by atoms with E-state index in [1.165, 1.54) is 12.8 Å². The molecule has 0 saturated heterocycles. The van der Waals surface area contributed by atoms with Crippen molar-refractivity contribution >= 4 is 11.6 Å². The van der Waals surface area contributed by atoms with Gasteiger partial charge < -0.3 is 5.32 Å². The predicted molar refractivity (Wildman–Crippen MR) is 75.2 cm³/mol. The van der Waals surface area contributed by atoms with Crippen molar-refractivity contribution in [1.29, 1.82) is 0 Å². The number of nitrogens with one attached hydrogen (secondary N) is 1. The summed E-state index contributed by atoms with van der Waals surface area (Å²) in [4.78, 5) is 4.65. The van der Waals surface area contributed by atoms with Crippen LogP contribution in [-0.4, -0.2) is 20.8 Å². The fraction of sp³-hybridized carbons (Fsp3) is 0.429. The zero-order chi connectivity index (χ0) is 13.2. The van der Waals surface area contributed by atoms with Crippen LogP contribution >= 0.6 is 11.6 Å². The molecule has 1 saturated carbocycles. The molecule has 3 rings (SSSR count). The van der Waals surface area contributed by atoms with Crippen molar-refractivity contribution in [2.75, 3.05) is 0 Å². The molecule has 4 nitrogen and oxygen atoms in total. The fourth-order valence-electron chi connectivity index (χ4n) is 1.99. The summed E-state index contributed by atoms with van der Waals surface area (Å²) in [5.41, 5.74) is 3.07. The Balaban J connectivity index is 1.69. The van der Waals surface area contributed by atoms with Gasteiger partial charge in [-0.15, -0.1) is 0 Å². The Morgan fingerprint density at radius 1 is 1.37 bits per heavy atom. The van der Waals surface area contributed by atoms with E-state index in [-0.39, 0.29) is 0 Å². The molecule has 1 fully saturated rings. The largest absolute Gasteiger partial charge is 0.308 e. The first-order chi connectivity index (χ1) is 9.22. The maximum atomic E-state index is 6.00. The highest BCUT2D eigenvalue weighted by Crippen LogP contribution is 2.19. The molecule has 0 aromatic carbocycles. The molecule has 0 atom stereocenters. The van der Waals surface area contributed by atoms with Crippen molar-refractivity contribution < 1.29 is 0 Å². The molecule has 0 bridgehead atoms. The molecule has 19 heavy (non-hydrogen) atoms. The molecule has 2 aromatic rings. The minimum atomic E-state index is 0.663. The quantitative estimate of drug-likeness (QED) is 0.913. The number of pyridine rings is 1. The maximum absolute atomic E-state index is 6.00. The van der Waals surface area contributed by atoms with Gasteiger partial charge in [0, 0.05) is 12.6 Å². The Bertz CT molecular complexity index is 575. The lowest BCUT2D eigenvalue weighted by Crippen LogP contribution is -2.17. The fourth-order valence-corrected chi connectivity index (χ4v) is 2.13. The van der Waals surface area contributed by atoms with Crippen molar-refractivity contribution in [3.05, 3.63) is 46.5 Å². The molecule has 5 heteroatoms. The van der Waals surface area contributed by atoms with Gasteiger partial charge in [-0.3, -0.25) is 9.67 Å². The third kappa shape index (κ3) is 3.14. The molecular weight excluding hydrogens is 260 g/mol. The minimum absolute atomic E-state index is 0.663. The number of hydrogen-bond acceptors (Lipinski definition) is 3. The summed E-state index contributed by atoms with van der Waals surface area (Å²) in [5, 5.41) is 8.43. The second kappa shape index (κ2) is 5.31. The number of hydrogen-bond donors (Lipinski definition) is 1. The van der Waals surface area contributed by atoms with Crippen molar-refractivity contribution in [2.45, 2.75) is 38.9 Å². The van der Waals surface area contributed by atoms with Gasteiger partial charge in [0.25, 0.3) is 0 Å². The van der Waals surface area contributed by atoms with Crippen LogP contribution in [0.4, 0.5) is 0 Å². The molecule has 2 aromatic heterocycles. The molecule has 1 aliphatic carbocycles. The van der Waals surface area contributed by atoms with Gasteiger partial charge in [-0.2, -0.15) is 5.10 Å². The van der Waals surface area contributed by atoms with E-state index in [0.717, 1.165) is 23.6 Å². The van der Waals surface area contributed by atoms with Gasteiger partial charge in [0.1, 0.15) is 0 Å². The lowest BCUT2D eigenvalue weighted by molar-refractivity contribution is 0.637. The van der Waals surface area contributed by atoms with Gasteiger partial charge in [-0.05, 0) is 31.9 Å². The summed E-state index contributed by atoms with van der Waals surface area (Å²) in [6.45, 7) is 3.47. The summed E-state index contributed by atoms with van der Waals surface area (Å²) < 4.78 is 1.88. The Labute approximate surface area is 117 Å². The van der Waals surface area contributed by atoms with E-state index in [1.54, 1.807) is 6.20 Å². The van der Waals surface area contributed by atoms with Crippen LogP contribution in [0.1, 0.15) is 29.9 Å². The van der Waals surface area contributed by atoms with Crippen LogP contribution in [0.3, 0.4) is 0 Å². The first-order valence-corrected chi connectivity index (χ1v) is 6.96. The zero-order valence-corrected chi connectivity index (χ0v) is 11.7. The number of nitrogens with zero attached hydrogens (tertiary/aromatic N) is 3. The molecule has 1 N–H and O–H groups in total. The summed E-state index contributed by atoms with van der Waals surface area (Å²) in [7, 11) is 0. The van der Waals surface area contributed by atoms with Crippen molar-refractivity contribution in [1.82, 2.24) is 20.1 Å². The summed E-state index contributed by atoms with van der Waals surface area (Å²) >= 11 is 6.00. The summed E-state index contributed by atoms with van der Waals surface area (Å²) in [6, 6.07) is 6.84. The van der Waals surface area contributed by atoms with Gasteiger partial charge in [0.15, 0.2) is 0 Å². The van der Waals surface area contributed by atoms with E-state index < -0.39 is 0 Å². The highest BCUT2D eigenvalue weighted by Gasteiger charge is 2.20. The smallest absolute Gasteiger partial charge is 0.0835 e. The van der Waals surface area contributed by atoms with Crippen molar-refractivity contribution in [3.63, 3.8) is 0 Å². The van der Waals surface area contributed by atoms with Crippen LogP contribution in [0.2, 0.25) is 5.02 Å².